The van der Waals surface area contributed by atoms with Gasteiger partial charge in [-0.2, -0.15) is 0 Å². The van der Waals surface area contributed by atoms with Gasteiger partial charge in [0.15, 0.2) is 11.6 Å². The molecule has 0 N–H and O–H groups in total. The minimum absolute atomic E-state index is 0.0570. The van der Waals surface area contributed by atoms with Crippen LogP contribution in [0.5, 0.6) is 5.75 Å². The van der Waals surface area contributed by atoms with Crippen LogP contribution in [0.2, 0.25) is 0 Å². The number of ether oxygens (including phenoxy) is 1. The Hall–Kier alpha value is -0.880. The van der Waals surface area contributed by atoms with Crippen LogP contribution < -0.4 is 4.74 Å². The van der Waals surface area contributed by atoms with Crippen molar-refractivity contribution < 1.29 is 21.9 Å². The molecule has 0 aromatic heterocycles. The highest BCUT2D eigenvalue weighted by Gasteiger charge is 2.37. The number of hydrogen-bond acceptors (Lipinski definition) is 3. The molecule has 118 valence electrons. The first kappa shape index (κ1) is 16.5. The molecular weight excluding hydrogens is 322 g/mol. The molecule has 0 radical (unpaired) electrons. The summed E-state index contributed by atoms with van der Waals surface area (Å²) in [5, 5.41) is 0. The van der Waals surface area contributed by atoms with Crippen molar-refractivity contribution in [3.63, 3.8) is 0 Å². The van der Waals surface area contributed by atoms with Crippen molar-refractivity contribution in [2.45, 2.75) is 32.1 Å². The van der Waals surface area contributed by atoms with Crippen molar-refractivity contribution >= 4 is 19.7 Å². The van der Waals surface area contributed by atoms with Gasteiger partial charge < -0.3 is 4.74 Å². The quantitative estimate of drug-likeness (QED) is 0.766. The van der Waals surface area contributed by atoms with Crippen molar-refractivity contribution in [2.75, 3.05) is 12.4 Å². The second kappa shape index (κ2) is 6.48. The Labute approximate surface area is 127 Å². The van der Waals surface area contributed by atoms with Crippen LogP contribution in [0.3, 0.4) is 0 Å². The van der Waals surface area contributed by atoms with Crippen LogP contribution in [0, 0.1) is 17.0 Å². The van der Waals surface area contributed by atoms with Gasteiger partial charge in [0.25, 0.3) is 0 Å². The summed E-state index contributed by atoms with van der Waals surface area (Å²) < 4.78 is 54.6. The lowest BCUT2D eigenvalue weighted by atomic mass is 9.76. The summed E-state index contributed by atoms with van der Waals surface area (Å²) in [5.74, 6) is -1.75. The average Bonchev–Trinajstić information content (AvgIpc) is 2.37. The first-order valence-electron chi connectivity index (χ1n) is 6.80. The molecule has 0 bridgehead atoms. The zero-order valence-corrected chi connectivity index (χ0v) is 13.0. The van der Waals surface area contributed by atoms with Gasteiger partial charge >= 0.3 is 0 Å². The molecule has 3 nitrogen and oxygen atoms in total. The predicted molar refractivity (Wildman–Crippen MR) is 77.0 cm³/mol. The third-order valence-corrected chi connectivity index (χ3v) is 5.11. The zero-order valence-electron chi connectivity index (χ0n) is 11.4. The lowest BCUT2D eigenvalue weighted by molar-refractivity contribution is 0.116. The summed E-state index contributed by atoms with van der Waals surface area (Å²) in [6.45, 7) is 0.0570. The van der Waals surface area contributed by atoms with Gasteiger partial charge in [-0.1, -0.05) is 19.3 Å². The van der Waals surface area contributed by atoms with E-state index in [0.29, 0.717) is 12.8 Å². The fourth-order valence-electron chi connectivity index (χ4n) is 2.82. The van der Waals surface area contributed by atoms with Gasteiger partial charge in [0, 0.05) is 22.2 Å². The Balaban J connectivity index is 2.12. The van der Waals surface area contributed by atoms with E-state index < -0.39 is 26.1 Å². The van der Waals surface area contributed by atoms with Gasteiger partial charge in [-0.3, -0.25) is 0 Å². The summed E-state index contributed by atoms with van der Waals surface area (Å²) in [5.41, 5.74) is -0.598. The smallest absolute Gasteiger partial charge is 0.233 e. The molecule has 1 aliphatic carbocycles. The van der Waals surface area contributed by atoms with E-state index in [1.54, 1.807) is 0 Å². The van der Waals surface area contributed by atoms with Crippen LogP contribution in [0.25, 0.3) is 0 Å². The third kappa shape index (κ3) is 4.81. The van der Waals surface area contributed by atoms with E-state index in [0.717, 1.165) is 31.4 Å². The summed E-state index contributed by atoms with van der Waals surface area (Å²) in [7, 11) is 1.72. The van der Waals surface area contributed by atoms with Crippen molar-refractivity contribution in [3.8, 4) is 5.75 Å². The van der Waals surface area contributed by atoms with E-state index >= 15 is 0 Å². The summed E-state index contributed by atoms with van der Waals surface area (Å²) in [4.78, 5) is 0. The molecule has 2 rings (SSSR count). The highest BCUT2D eigenvalue weighted by Crippen LogP contribution is 2.39. The van der Waals surface area contributed by atoms with Crippen molar-refractivity contribution in [1.82, 2.24) is 0 Å². The molecule has 21 heavy (non-hydrogen) atoms. The Morgan fingerprint density at radius 2 is 1.86 bits per heavy atom. The molecule has 1 aromatic rings. The molecule has 0 aliphatic heterocycles. The van der Waals surface area contributed by atoms with E-state index in [1.165, 1.54) is 6.07 Å². The normalized spacial score (nSPS) is 18.4. The highest BCUT2D eigenvalue weighted by atomic mass is 35.7. The van der Waals surface area contributed by atoms with Gasteiger partial charge in [-0.25, -0.2) is 17.2 Å². The van der Waals surface area contributed by atoms with E-state index in [-0.39, 0.29) is 18.1 Å². The van der Waals surface area contributed by atoms with Crippen LogP contribution in [-0.2, 0) is 9.05 Å². The Morgan fingerprint density at radius 1 is 1.19 bits per heavy atom. The van der Waals surface area contributed by atoms with Gasteiger partial charge in [0.1, 0.15) is 5.82 Å². The van der Waals surface area contributed by atoms with Crippen LogP contribution in [0.1, 0.15) is 32.1 Å². The van der Waals surface area contributed by atoms with Crippen molar-refractivity contribution in [2.24, 2.45) is 5.41 Å². The molecule has 0 saturated heterocycles. The van der Waals surface area contributed by atoms with E-state index in [4.69, 9.17) is 15.4 Å². The first-order chi connectivity index (χ1) is 9.80. The van der Waals surface area contributed by atoms with Crippen LogP contribution >= 0.6 is 10.7 Å². The zero-order chi connectivity index (χ0) is 15.5. The number of halogens is 3. The minimum Gasteiger partial charge on any atom is -0.490 e. The minimum atomic E-state index is -3.66. The summed E-state index contributed by atoms with van der Waals surface area (Å²) in [6, 6.07) is 3.04. The standard InChI is InChI=1S/C14H17ClF2O3S/c15-21(18,19)10-14(6-2-1-3-7-14)9-20-13-5-4-11(16)8-12(13)17/h4-5,8H,1-3,6-7,9-10H2. The summed E-state index contributed by atoms with van der Waals surface area (Å²) in [6.07, 6.45) is 4.15. The van der Waals surface area contributed by atoms with Crippen molar-refractivity contribution in [3.05, 3.63) is 29.8 Å². The highest BCUT2D eigenvalue weighted by molar-refractivity contribution is 8.13. The van der Waals surface area contributed by atoms with Crippen LogP contribution in [0.15, 0.2) is 18.2 Å². The van der Waals surface area contributed by atoms with Gasteiger partial charge in [-0.05, 0) is 25.0 Å². The molecule has 1 fully saturated rings. The molecule has 0 heterocycles. The first-order valence-corrected chi connectivity index (χ1v) is 9.28. The molecule has 0 atom stereocenters. The fraction of sp³-hybridized carbons (Fsp3) is 0.571. The topological polar surface area (TPSA) is 43.4 Å². The van der Waals surface area contributed by atoms with Crippen molar-refractivity contribution in [1.29, 1.82) is 0 Å². The molecule has 7 heteroatoms. The maximum Gasteiger partial charge on any atom is 0.233 e. The Bertz CT molecular complexity index is 598. The van der Waals surface area contributed by atoms with E-state index in [1.807, 2.05) is 0 Å². The number of hydrogen-bond donors (Lipinski definition) is 0. The molecule has 0 amide bonds. The molecule has 1 aromatic carbocycles. The monoisotopic (exact) mass is 338 g/mol. The lowest BCUT2D eigenvalue weighted by Gasteiger charge is -2.35. The fourth-order valence-corrected chi connectivity index (χ4v) is 4.62. The van der Waals surface area contributed by atoms with E-state index in [2.05, 4.69) is 0 Å². The van der Waals surface area contributed by atoms with Gasteiger partial charge in [0.2, 0.25) is 9.05 Å². The number of rotatable bonds is 5. The Morgan fingerprint density at radius 3 is 2.43 bits per heavy atom. The molecule has 1 aliphatic rings. The van der Waals surface area contributed by atoms with Crippen LogP contribution in [0.4, 0.5) is 8.78 Å². The van der Waals surface area contributed by atoms with Gasteiger partial charge in [-0.15, -0.1) is 0 Å². The second-order valence-electron chi connectivity index (χ2n) is 5.61. The molecular formula is C14H17ClF2O3S. The second-order valence-corrected chi connectivity index (χ2v) is 8.38. The van der Waals surface area contributed by atoms with Crippen LogP contribution in [-0.4, -0.2) is 20.8 Å². The van der Waals surface area contributed by atoms with Gasteiger partial charge in [0.05, 0.1) is 12.4 Å². The molecule has 0 unspecified atom stereocenters. The average molecular weight is 339 g/mol. The molecule has 0 spiro atoms. The molecule has 1 saturated carbocycles. The lowest BCUT2D eigenvalue weighted by Crippen LogP contribution is -2.37. The van der Waals surface area contributed by atoms with E-state index in [9.17, 15) is 17.2 Å². The maximum absolute atomic E-state index is 13.6. The SMILES string of the molecule is O=S(=O)(Cl)CC1(COc2ccc(F)cc2F)CCCCC1. The number of benzene rings is 1. The maximum atomic E-state index is 13.6. The largest absolute Gasteiger partial charge is 0.490 e. The Kier molecular flexibility index (Phi) is 5.09. The summed E-state index contributed by atoms with van der Waals surface area (Å²) >= 11 is 0. The third-order valence-electron chi connectivity index (χ3n) is 3.82. The predicted octanol–water partition coefficient (Wildman–Crippen LogP) is 3.86.